The zero-order valence-corrected chi connectivity index (χ0v) is 80.8. The second kappa shape index (κ2) is 43.6. The third kappa shape index (κ3) is 24.2. The summed E-state index contributed by atoms with van der Waals surface area (Å²) in [5.74, 6) is -2.22. The number of esters is 5. The van der Waals surface area contributed by atoms with Crippen molar-refractivity contribution in [3.8, 4) is 0 Å². The van der Waals surface area contributed by atoms with Gasteiger partial charge >= 0.3 is 54.6 Å². The number of rotatable bonds is 31. The molecule has 135 heavy (non-hydrogen) atoms. The number of carbonyl (C=O) groups excluding carboxylic acids is 5. The van der Waals surface area contributed by atoms with Crippen LogP contribution in [0.15, 0.2) is 91.0 Å². The molecule has 13 aliphatic rings. The number of ether oxygens (including phenoxy) is 11. The van der Waals surface area contributed by atoms with Crippen molar-refractivity contribution in [3.63, 3.8) is 0 Å². The number of morpholine rings is 1. The van der Waals surface area contributed by atoms with Crippen molar-refractivity contribution >= 4 is 40.0 Å². The molecule has 16 unspecified atom stereocenters. The monoisotopic (exact) mass is 1950 g/mol. The second-order valence-electron chi connectivity index (χ2n) is 41.7. The van der Waals surface area contributed by atoms with Crippen LogP contribution >= 0.6 is 0 Å². The van der Waals surface area contributed by atoms with Crippen LogP contribution < -0.4 is 0 Å². The average molecular weight is 1960 g/mol. The predicted molar refractivity (Wildman–Crippen MR) is 470 cm³/mol. The molecule has 36 heteroatoms. The van der Waals surface area contributed by atoms with E-state index in [1.54, 1.807) is 98.1 Å². The fraction of sp³-hybridized carbons (Fsp3) is 0.768. The van der Waals surface area contributed by atoms with Gasteiger partial charge in [-0.3, -0.25) is 28.9 Å². The van der Waals surface area contributed by atoms with Crippen molar-refractivity contribution in [2.75, 3.05) is 86.2 Å². The van der Waals surface area contributed by atoms with E-state index in [-0.39, 0.29) is 65.0 Å². The lowest BCUT2D eigenvalue weighted by molar-refractivity contribution is -0.405. The first-order valence-corrected chi connectivity index (χ1v) is 49.1. The molecule has 4 heterocycles. The minimum Gasteiger partial charge on any atom is -0.747 e. The molecule has 0 radical (unpaired) electrons. The highest BCUT2D eigenvalue weighted by molar-refractivity contribution is 7.87. The van der Waals surface area contributed by atoms with Gasteiger partial charge in [0, 0.05) is 50.9 Å². The van der Waals surface area contributed by atoms with Crippen molar-refractivity contribution in [2.24, 2.45) is 86.8 Å². The number of aliphatic hydroxyl groups is 3. The van der Waals surface area contributed by atoms with Crippen LogP contribution in [0.2, 0.25) is 0 Å². The molecular formula is C99H140F12NO22S-. The van der Waals surface area contributed by atoms with E-state index in [0.29, 0.717) is 93.3 Å². The number of alkyl halides is 12. The Morgan fingerprint density at radius 3 is 1.35 bits per heavy atom. The number of fused-ring (bicyclic) bond motifs is 10. The summed E-state index contributed by atoms with van der Waals surface area (Å²) in [4.78, 5) is 63.3. The number of carbonyl (C=O) groups is 5. The minimum atomic E-state index is -6.58. The molecule has 13 fully saturated rings. The van der Waals surface area contributed by atoms with Gasteiger partial charge in [-0.05, 0) is 236 Å². The molecule has 764 valence electrons. The zero-order chi connectivity index (χ0) is 99.9. The van der Waals surface area contributed by atoms with Crippen LogP contribution in [-0.4, -0.2) is 232 Å². The Morgan fingerprint density at radius 1 is 0.504 bits per heavy atom. The second-order valence-corrected chi connectivity index (χ2v) is 43.3. The fourth-order valence-electron chi connectivity index (χ4n) is 22.7. The number of benzene rings is 3. The molecule has 3 N–H and O–H groups in total. The van der Waals surface area contributed by atoms with Gasteiger partial charge < -0.3 is 72.0 Å². The van der Waals surface area contributed by atoms with Gasteiger partial charge in [0.1, 0.15) is 38.3 Å². The lowest BCUT2D eigenvalue weighted by atomic mass is 9.52. The summed E-state index contributed by atoms with van der Waals surface area (Å²) >= 11 is 0. The van der Waals surface area contributed by atoms with E-state index in [0.717, 1.165) is 120 Å². The quantitative estimate of drug-likeness (QED) is 0.0102. The van der Waals surface area contributed by atoms with E-state index in [1.165, 1.54) is 52.9 Å². The third-order valence-corrected chi connectivity index (χ3v) is 32.9. The van der Waals surface area contributed by atoms with Crippen LogP contribution in [0, 0.1) is 86.8 Å². The van der Waals surface area contributed by atoms with Crippen LogP contribution in [0.3, 0.4) is 0 Å². The van der Waals surface area contributed by atoms with E-state index in [9.17, 15) is 105 Å². The summed E-state index contributed by atoms with van der Waals surface area (Å²) in [6.45, 7) is 33.0. The summed E-state index contributed by atoms with van der Waals surface area (Å²) in [6.07, 6.45) is -18.6. The molecule has 9 aliphatic carbocycles. The normalized spacial score (nSPS) is 30.2. The van der Waals surface area contributed by atoms with Crippen molar-refractivity contribution in [2.45, 2.75) is 306 Å². The molecule has 4 saturated heterocycles. The van der Waals surface area contributed by atoms with Crippen LogP contribution in [0.4, 0.5) is 52.7 Å². The largest absolute Gasteiger partial charge is 0.747 e. The molecule has 0 amide bonds. The average Bonchev–Trinajstić information content (AvgIpc) is 1.14. The highest BCUT2D eigenvalue weighted by Gasteiger charge is 2.79. The smallest absolute Gasteiger partial charge is 0.426 e. The number of hydrogen-bond acceptors (Lipinski definition) is 23. The first-order chi connectivity index (χ1) is 62.9. The number of methoxy groups -OCH3 is 1. The Hall–Kier alpha value is -6.32. The highest BCUT2D eigenvalue weighted by atomic mass is 32.2. The van der Waals surface area contributed by atoms with Crippen molar-refractivity contribution in [3.05, 3.63) is 108 Å². The number of nitrogens with zero attached hydrogens (tertiary/aromatic N) is 1. The van der Waals surface area contributed by atoms with Crippen molar-refractivity contribution < 1.29 is 157 Å². The van der Waals surface area contributed by atoms with Gasteiger partial charge in [0.2, 0.25) is 0 Å². The molecule has 4 aliphatic heterocycles. The predicted octanol–water partition coefficient (Wildman–Crippen LogP) is 17.9. The first kappa shape index (κ1) is 111. The lowest BCUT2D eigenvalue weighted by Crippen LogP contribution is -2.67. The van der Waals surface area contributed by atoms with E-state index < -0.39 is 128 Å². The molecule has 23 nitrogen and oxygen atoms in total. The maximum absolute atomic E-state index is 13.3. The lowest BCUT2D eigenvalue weighted by Gasteiger charge is -2.59. The van der Waals surface area contributed by atoms with Gasteiger partial charge in [-0.25, -0.2) is 8.42 Å². The summed E-state index contributed by atoms with van der Waals surface area (Å²) in [7, 11) is -3.07. The molecule has 10 bridgehead atoms. The Kier molecular flexibility index (Phi) is 35.8. The summed E-state index contributed by atoms with van der Waals surface area (Å²) in [5.41, 5.74) is -13.9. The summed E-state index contributed by atoms with van der Waals surface area (Å²) < 4.78 is 255. The van der Waals surface area contributed by atoms with Gasteiger partial charge in [-0.2, -0.15) is 52.7 Å². The first-order valence-electron chi connectivity index (χ1n) is 47.7. The highest BCUT2D eigenvalue weighted by Crippen LogP contribution is 2.71. The molecule has 16 atom stereocenters. The molecular weight excluding hydrogens is 1820 g/mol. The summed E-state index contributed by atoms with van der Waals surface area (Å²) in [5, 5.41) is 29.9. The van der Waals surface area contributed by atoms with Crippen LogP contribution in [0.1, 0.15) is 235 Å². The van der Waals surface area contributed by atoms with Crippen LogP contribution in [0.25, 0.3) is 0 Å². The van der Waals surface area contributed by atoms with Crippen molar-refractivity contribution in [1.29, 1.82) is 0 Å². The van der Waals surface area contributed by atoms with Crippen LogP contribution in [-0.2, 0) is 90.9 Å². The Balaban J connectivity index is 0.000000170. The van der Waals surface area contributed by atoms with Gasteiger partial charge in [0.15, 0.2) is 12.2 Å². The Morgan fingerprint density at radius 2 is 0.926 bits per heavy atom. The third-order valence-electron chi connectivity index (χ3n) is 31.4. The number of halogens is 12. The molecule has 0 aromatic heterocycles. The van der Waals surface area contributed by atoms with E-state index in [1.807, 2.05) is 55.4 Å². The van der Waals surface area contributed by atoms with Gasteiger partial charge in [-0.15, -0.1) is 0 Å². The maximum Gasteiger partial charge on any atom is 0.426 e. The van der Waals surface area contributed by atoms with E-state index >= 15 is 0 Å². The SMILES string of the molecule is CCC(C)(C)C(=O)OC1(CC)CC2CC1C1C3CCC(C3)C21.CCC(C)(C)C(=O)OC12CC3CC(CC(O)(C3)C1)C2.CCC(C)(C)C(=O)OC1C2CC3C(=O)OC1C3O2.CCC(C)(C)C(=O)OC1CC(C(O)(C(F)(F)F)C(F)(F)F)CC(C(O)(C(F)(F)F)C(F)(F)F)C1.COCCOCCOCCOCCN1CCOCC1.O=S(=O)([O-])C(c1ccccc1)(c1ccccc1)c1ccccc1. The molecule has 9 saturated carbocycles. The Bertz CT molecular complexity index is 4310. The fourth-order valence-corrected chi connectivity index (χ4v) is 24.0. The molecule has 16 rings (SSSR count). The minimum absolute atomic E-state index is 0.0184. The Labute approximate surface area is 785 Å². The van der Waals surface area contributed by atoms with Gasteiger partial charge in [0.05, 0.1) is 98.7 Å². The molecule has 3 aromatic rings. The van der Waals surface area contributed by atoms with Gasteiger partial charge in [0.25, 0.3) is 11.2 Å². The molecule has 0 spiro atoms. The standard InChI is InChI=1S/C20H32O2.C19H16O3S.C18H22F12O4.C16H26O3.C13H27NO5.C13H18O5/c1-5-19(3,4)18(21)22-20(6-2)11-14-10-15(20)17-13-8-7-12(9-13)16(14)17;20-23(21,22)19(16-10-4-1-5-11-16,17-12-6-2-7-13-17)18-14-8-3-9-15-18;1-4-12(2,3)11(31)34-10-6-8(13(32,15(19,20)21)16(22,23)24)5-9(7-10)14(33,17(25,26)27)18(28,29)30;1-4-14(2,3)13(17)19-16-8-11-5-12(9-16)7-15(18,6-11)10-16;1-15-8-9-18-12-13-19-11-10-17-7-4-14-2-5-16-6-3-14;1-4-13(2,3)12(15)18-9-7-5-6-8(16-7)10(9)17-11(6)14/h12-17H,5-11H2,1-4H3;1-15H,(H,20,21,22);8-10,32-33H,4-7H2,1-3H3;11-12,18H,4-10H2,1-3H3;2-13H2,1H3;6-10H,4-5H2,1-3H3/p-1. The molecule has 3 aromatic carbocycles. The van der Waals surface area contributed by atoms with Crippen LogP contribution in [0.5, 0.6) is 0 Å². The van der Waals surface area contributed by atoms with E-state index in [2.05, 4.69) is 18.7 Å². The zero-order valence-electron chi connectivity index (χ0n) is 80.0. The van der Waals surface area contributed by atoms with E-state index in [4.69, 9.17) is 52.1 Å². The van der Waals surface area contributed by atoms with Crippen molar-refractivity contribution in [1.82, 2.24) is 4.90 Å². The maximum atomic E-state index is 13.3. The van der Waals surface area contributed by atoms with Gasteiger partial charge in [-0.1, -0.05) is 126 Å². The summed E-state index contributed by atoms with van der Waals surface area (Å²) in [6, 6.07) is 25.9. The number of hydrogen-bond donors (Lipinski definition) is 3. The topological polar surface area (TPSA) is 308 Å².